The highest BCUT2D eigenvalue weighted by molar-refractivity contribution is 5.89. The van der Waals surface area contributed by atoms with E-state index in [1.165, 1.54) is 12.1 Å². The summed E-state index contributed by atoms with van der Waals surface area (Å²) in [4.78, 5) is 14.5. The predicted molar refractivity (Wildman–Crippen MR) is 45.0 cm³/mol. The third-order valence-electron chi connectivity index (χ3n) is 1.56. The predicted octanol–water partition coefficient (Wildman–Crippen LogP) is 0.924. The molecule has 1 rings (SSSR count). The molecule has 4 heteroatoms. The minimum atomic E-state index is -0.959. The number of aromatic nitrogens is 1. The molecule has 0 aromatic carbocycles. The van der Waals surface area contributed by atoms with Gasteiger partial charge in [0.05, 0.1) is 11.3 Å². The minimum absolute atomic E-state index is 0.228. The van der Waals surface area contributed by atoms with Crippen molar-refractivity contribution in [2.45, 2.75) is 13.3 Å². The van der Waals surface area contributed by atoms with Crippen LogP contribution in [0.2, 0.25) is 0 Å². The van der Waals surface area contributed by atoms with Gasteiger partial charge in [-0.2, -0.15) is 0 Å². The zero-order valence-corrected chi connectivity index (χ0v) is 6.74. The molecule has 64 valence electrons. The lowest BCUT2D eigenvalue weighted by Gasteiger charge is -2.02. The van der Waals surface area contributed by atoms with Crippen molar-refractivity contribution in [3.05, 3.63) is 23.4 Å². The number of pyridine rings is 1. The Balaban J connectivity index is 3.20. The molecule has 4 nitrogen and oxygen atoms in total. The first kappa shape index (κ1) is 8.52. The smallest absolute Gasteiger partial charge is 0.337 e. The lowest BCUT2D eigenvalue weighted by Crippen LogP contribution is -2.05. The van der Waals surface area contributed by atoms with Crippen LogP contribution in [0.1, 0.15) is 23.0 Å². The molecular formula is C8H10N2O2. The van der Waals surface area contributed by atoms with Gasteiger partial charge in [0, 0.05) is 0 Å². The highest BCUT2D eigenvalue weighted by Crippen LogP contribution is 2.09. The number of rotatable bonds is 2. The standard InChI is InChI=1S/C8H10N2O2/c1-2-6-5(8(11)12)3-4-7(9)10-6/h3-4H,2H2,1H3,(H2,9,10)(H,11,12). The average Bonchev–Trinajstić information content (AvgIpc) is 2.03. The van der Waals surface area contributed by atoms with Gasteiger partial charge < -0.3 is 10.8 Å². The molecule has 0 spiro atoms. The summed E-state index contributed by atoms with van der Waals surface area (Å²) >= 11 is 0. The molecule has 0 amide bonds. The van der Waals surface area contributed by atoms with E-state index in [4.69, 9.17) is 10.8 Å². The Kier molecular flexibility index (Phi) is 2.28. The van der Waals surface area contributed by atoms with Crippen LogP contribution in [0.3, 0.4) is 0 Å². The summed E-state index contributed by atoms with van der Waals surface area (Å²) in [6.45, 7) is 1.84. The molecule has 0 radical (unpaired) electrons. The van der Waals surface area contributed by atoms with E-state index in [2.05, 4.69) is 4.98 Å². The highest BCUT2D eigenvalue weighted by Gasteiger charge is 2.09. The topological polar surface area (TPSA) is 76.2 Å². The van der Waals surface area contributed by atoms with Crippen molar-refractivity contribution in [2.24, 2.45) is 0 Å². The van der Waals surface area contributed by atoms with Crippen LogP contribution in [0.15, 0.2) is 12.1 Å². The molecule has 0 aliphatic heterocycles. The van der Waals surface area contributed by atoms with Gasteiger partial charge in [-0.15, -0.1) is 0 Å². The summed E-state index contributed by atoms with van der Waals surface area (Å²) in [6, 6.07) is 2.96. The average molecular weight is 166 g/mol. The number of aromatic carboxylic acids is 1. The van der Waals surface area contributed by atoms with Gasteiger partial charge in [0.15, 0.2) is 0 Å². The Morgan fingerprint density at radius 2 is 2.33 bits per heavy atom. The quantitative estimate of drug-likeness (QED) is 0.685. The molecule has 0 atom stereocenters. The molecule has 1 heterocycles. The first-order valence-electron chi connectivity index (χ1n) is 3.63. The molecule has 0 fully saturated rings. The van der Waals surface area contributed by atoms with Crippen LogP contribution in [0.25, 0.3) is 0 Å². The SMILES string of the molecule is CCc1nc(N)ccc1C(=O)O. The van der Waals surface area contributed by atoms with Crippen LogP contribution in [-0.2, 0) is 6.42 Å². The number of aryl methyl sites for hydroxylation is 1. The molecule has 0 aliphatic carbocycles. The number of hydrogen-bond acceptors (Lipinski definition) is 3. The Labute approximate surface area is 70.0 Å². The number of hydrogen-bond donors (Lipinski definition) is 2. The van der Waals surface area contributed by atoms with Crippen molar-refractivity contribution in [1.29, 1.82) is 0 Å². The van der Waals surface area contributed by atoms with E-state index in [-0.39, 0.29) is 5.56 Å². The van der Waals surface area contributed by atoms with Crippen LogP contribution in [-0.4, -0.2) is 16.1 Å². The van der Waals surface area contributed by atoms with E-state index in [1.807, 2.05) is 6.92 Å². The maximum absolute atomic E-state index is 10.6. The summed E-state index contributed by atoms with van der Waals surface area (Å²) in [5, 5.41) is 8.71. The van der Waals surface area contributed by atoms with E-state index in [1.54, 1.807) is 0 Å². The van der Waals surface area contributed by atoms with E-state index < -0.39 is 5.97 Å². The first-order valence-corrected chi connectivity index (χ1v) is 3.63. The van der Waals surface area contributed by atoms with Gasteiger partial charge in [-0.3, -0.25) is 0 Å². The van der Waals surface area contributed by atoms with Crippen LogP contribution >= 0.6 is 0 Å². The second-order valence-corrected chi connectivity index (χ2v) is 2.39. The molecule has 0 bridgehead atoms. The van der Waals surface area contributed by atoms with Crippen LogP contribution in [0.4, 0.5) is 5.82 Å². The molecule has 3 N–H and O–H groups in total. The van der Waals surface area contributed by atoms with E-state index in [9.17, 15) is 4.79 Å². The van der Waals surface area contributed by atoms with Gasteiger partial charge in [-0.25, -0.2) is 9.78 Å². The molecule has 0 aliphatic rings. The summed E-state index contributed by atoms with van der Waals surface area (Å²) < 4.78 is 0. The van der Waals surface area contributed by atoms with Crippen molar-refractivity contribution < 1.29 is 9.90 Å². The van der Waals surface area contributed by atoms with Gasteiger partial charge in [-0.1, -0.05) is 6.92 Å². The van der Waals surface area contributed by atoms with Gasteiger partial charge in [-0.05, 0) is 18.6 Å². The third kappa shape index (κ3) is 1.53. The summed E-state index contributed by atoms with van der Waals surface area (Å²) in [5.41, 5.74) is 6.16. The number of nitrogens with two attached hydrogens (primary N) is 1. The van der Waals surface area contributed by atoms with Crippen molar-refractivity contribution in [1.82, 2.24) is 4.98 Å². The number of nitrogen functional groups attached to an aromatic ring is 1. The van der Waals surface area contributed by atoms with Gasteiger partial charge in [0.25, 0.3) is 0 Å². The van der Waals surface area contributed by atoms with Crippen LogP contribution in [0, 0.1) is 0 Å². The van der Waals surface area contributed by atoms with E-state index >= 15 is 0 Å². The van der Waals surface area contributed by atoms with Gasteiger partial charge in [0.2, 0.25) is 0 Å². The normalized spacial score (nSPS) is 9.75. The fraction of sp³-hybridized carbons (Fsp3) is 0.250. The van der Waals surface area contributed by atoms with E-state index in [0.717, 1.165) is 0 Å². The molecular weight excluding hydrogens is 156 g/mol. The second kappa shape index (κ2) is 3.21. The Morgan fingerprint density at radius 3 is 2.83 bits per heavy atom. The zero-order valence-electron chi connectivity index (χ0n) is 6.74. The van der Waals surface area contributed by atoms with Crippen LogP contribution in [0.5, 0.6) is 0 Å². The molecule has 1 aromatic rings. The summed E-state index contributed by atoms with van der Waals surface area (Å²) in [7, 11) is 0. The largest absolute Gasteiger partial charge is 0.478 e. The Bertz CT molecular complexity index is 310. The van der Waals surface area contributed by atoms with Gasteiger partial charge in [0.1, 0.15) is 5.82 Å². The van der Waals surface area contributed by atoms with Gasteiger partial charge >= 0.3 is 5.97 Å². The molecule has 12 heavy (non-hydrogen) atoms. The number of carboxylic acids is 1. The number of carboxylic acid groups (broad SMARTS) is 1. The number of carbonyl (C=O) groups is 1. The van der Waals surface area contributed by atoms with Crippen molar-refractivity contribution >= 4 is 11.8 Å². The van der Waals surface area contributed by atoms with Crippen molar-refractivity contribution in [3.63, 3.8) is 0 Å². The second-order valence-electron chi connectivity index (χ2n) is 2.39. The van der Waals surface area contributed by atoms with Crippen LogP contribution < -0.4 is 5.73 Å². The Hall–Kier alpha value is -1.58. The molecule has 0 saturated carbocycles. The monoisotopic (exact) mass is 166 g/mol. The maximum Gasteiger partial charge on any atom is 0.337 e. The molecule has 1 aromatic heterocycles. The lowest BCUT2D eigenvalue weighted by molar-refractivity contribution is 0.0695. The maximum atomic E-state index is 10.6. The minimum Gasteiger partial charge on any atom is -0.478 e. The number of nitrogens with zero attached hydrogens (tertiary/aromatic N) is 1. The van der Waals surface area contributed by atoms with Crippen molar-refractivity contribution in [2.75, 3.05) is 5.73 Å². The van der Waals surface area contributed by atoms with E-state index in [0.29, 0.717) is 17.9 Å². The lowest BCUT2D eigenvalue weighted by atomic mass is 10.1. The number of anilines is 1. The molecule has 0 unspecified atom stereocenters. The summed E-state index contributed by atoms with van der Waals surface area (Å²) in [5.74, 6) is -0.601. The highest BCUT2D eigenvalue weighted by atomic mass is 16.4. The third-order valence-corrected chi connectivity index (χ3v) is 1.56. The first-order chi connectivity index (χ1) is 5.65. The zero-order chi connectivity index (χ0) is 9.14. The Morgan fingerprint density at radius 1 is 1.67 bits per heavy atom. The molecule has 0 saturated heterocycles. The fourth-order valence-electron chi connectivity index (χ4n) is 0.982. The summed E-state index contributed by atoms with van der Waals surface area (Å²) in [6.07, 6.45) is 0.576. The van der Waals surface area contributed by atoms with Crippen molar-refractivity contribution in [3.8, 4) is 0 Å². The fourth-order valence-corrected chi connectivity index (χ4v) is 0.982.